The van der Waals surface area contributed by atoms with Crippen molar-refractivity contribution >= 4 is 34.4 Å². The van der Waals surface area contributed by atoms with Crippen LogP contribution in [0.2, 0.25) is 0 Å². The van der Waals surface area contributed by atoms with Gasteiger partial charge in [0.25, 0.3) is 5.91 Å². The summed E-state index contributed by atoms with van der Waals surface area (Å²) in [6, 6.07) is 20.2. The molecule has 1 heterocycles. The number of aromatic nitrogens is 1. The second-order valence-electron chi connectivity index (χ2n) is 7.92. The second kappa shape index (κ2) is 10.6. The van der Waals surface area contributed by atoms with Crippen LogP contribution in [-0.2, 0) is 16.0 Å². The number of anilines is 1. The average Bonchev–Trinajstić information content (AvgIpc) is 3.27. The van der Waals surface area contributed by atoms with Crippen molar-refractivity contribution in [3.8, 4) is 11.5 Å². The van der Waals surface area contributed by atoms with E-state index in [0.29, 0.717) is 22.7 Å². The SMILES string of the molecule is COc1ccccc1C(=O)Nc1ccc(OC(=O)[C@H](Cc2c[nH]c3ccccc23)NC(C)=O)cc1. The third kappa shape index (κ3) is 5.67. The maximum atomic E-state index is 12.9. The molecule has 0 radical (unpaired) electrons. The van der Waals surface area contributed by atoms with Gasteiger partial charge in [-0.1, -0.05) is 30.3 Å². The fourth-order valence-electron chi connectivity index (χ4n) is 3.78. The Hall–Kier alpha value is -4.59. The highest BCUT2D eigenvalue weighted by molar-refractivity contribution is 6.06. The molecule has 1 atom stereocenters. The summed E-state index contributed by atoms with van der Waals surface area (Å²) >= 11 is 0. The number of carbonyl (C=O) groups is 3. The number of hydrogen-bond acceptors (Lipinski definition) is 5. The van der Waals surface area contributed by atoms with Crippen LogP contribution < -0.4 is 20.1 Å². The highest BCUT2D eigenvalue weighted by Gasteiger charge is 2.23. The fraction of sp³-hybridized carbons (Fsp3) is 0.148. The number of amides is 2. The second-order valence-corrected chi connectivity index (χ2v) is 7.92. The molecule has 0 aliphatic carbocycles. The van der Waals surface area contributed by atoms with E-state index in [9.17, 15) is 14.4 Å². The van der Waals surface area contributed by atoms with E-state index in [1.165, 1.54) is 14.0 Å². The topological polar surface area (TPSA) is 110 Å². The first-order chi connectivity index (χ1) is 16.9. The summed E-state index contributed by atoms with van der Waals surface area (Å²) in [4.78, 5) is 40.4. The van der Waals surface area contributed by atoms with Gasteiger partial charge in [0.2, 0.25) is 5.91 Å². The summed E-state index contributed by atoms with van der Waals surface area (Å²) in [5, 5.41) is 6.44. The van der Waals surface area contributed by atoms with Gasteiger partial charge in [0.05, 0.1) is 12.7 Å². The van der Waals surface area contributed by atoms with Crippen molar-refractivity contribution in [3.05, 3.63) is 90.1 Å². The van der Waals surface area contributed by atoms with E-state index in [4.69, 9.17) is 9.47 Å². The molecule has 0 aliphatic rings. The largest absolute Gasteiger partial charge is 0.496 e. The minimum atomic E-state index is -0.864. The number of hydrogen-bond donors (Lipinski definition) is 3. The van der Waals surface area contributed by atoms with Gasteiger partial charge < -0.3 is 25.1 Å². The summed E-state index contributed by atoms with van der Waals surface area (Å²) in [6.45, 7) is 1.36. The van der Waals surface area contributed by atoms with Gasteiger partial charge in [-0.05, 0) is 48.0 Å². The van der Waals surface area contributed by atoms with Gasteiger partial charge in [0.1, 0.15) is 17.5 Å². The third-order valence-electron chi connectivity index (χ3n) is 5.44. The van der Waals surface area contributed by atoms with Gasteiger partial charge in [-0.15, -0.1) is 0 Å². The molecular weight excluding hydrogens is 446 g/mol. The molecule has 0 bridgehead atoms. The number of fused-ring (bicyclic) bond motifs is 1. The van der Waals surface area contributed by atoms with E-state index >= 15 is 0 Å². The van der Waals surface area contributed by atoms with Crippen molar-refractivity contribution in [1.29, 1.82) is 0 Å². The number of esters is 1. The summed E-state index contributed by atoms with van der Waals surface area (Å²) < 4.78 is 10.8. The molecule has 178 valence electrons. The number of H-pyrrole nitrogens is 1. The molecule has 3 N–H and O–H groups in total. The van der Waals surface area contributed by atoms with E-state index in [1.54, 1.807) is 48.5 Å². The summed E-state index contributed by atoms with van der Waals surface area (Å²) in [7, 11) is 1.50. The van der Waals surface area contributed by atoms with Crippen molar-refractivity contribution in [2.45, 2.75) is 19.4 Å². The molecule has 8 heteroatoms. The molecule has 0 fully saturated rings. The molecule has 2 amide bonds. The van der Waals surface area contributed by atoms with Crippen molar-refractivity contribution in [1.82, 2.24) is 10.3 Å². The summed E-state index contributed by atoms with van der Waals surface area (Å²) in [5.74, 6) is -0.483. The molecule has 0 aliphatic heterocycles. The number of carbonyl (C=O) groups excluding carboxylic acids is 3. The van der Waals surface area contributed by atoms with Crippen LogP contribution in [0.1, 0.15) is 22.8 Å². The first kappa shape index (κ1) is 23.6. The third-order valence-corrected chi connectivity index (χ3v) is 5.44. The lowest BCUT2D eigenvalue weighted by Gasteiger charge is -2.16. The average molecular weight is 472 g/mol. The molecule has 4 rings (SSSR count). The smallest absolute Gasteiger partial charge is 0.334 e. The molecule has 4 aromatic rings. The number of para-hydroxylation sites is 2. The van der Waals surface area contributed by atoms with Crippen molar-refractivity contribution in [3.63, 3.8) is 0 Å². The van der Waals surface area contributed by atoms with Crippen LogP contribution in [0.15, 0.2) is 79.0 Å². The number of rotatable bonds is 8. The van der Waals surface area contributed by atoms with Gasteiger partial charge in [-0.2, -0.15) is 0 Å². The molecule has 0 saturated carbocycles. The van der Waals surface area contributed by atoms with Gasteiger partial charge >= 0.3 is 5.97 Å². The Kier molecular flexibility index (Phi) is 7.11. The van der Waals surface area contributed by atoms with Gasteiger partial charge in [0, 0.05) is 36.1 Å². The minimum absolute atomic E-state index is 0.273. The number of methoxy groups -OCH3 is 1. The Morgan fingerprint density at radius 2 is 1.66 bits per heavy atom. The first-order valence-electron chi connectivity index (χ1n) is 11.0. The van der Waals surface area contributed by atoms with Crippen LogP contribution in [0, 0.1) is 0 Å². The van der Waals surface area contributed by atoms with Crippen LogP contribution in [-0.4, -0.2) is 35.9 Å². The lowest BCUT2D eigenvalue weighted by atomic mass is 10.0. The van der Waals surface area contributed by atoms with E-state index in [-0.39, 0.29) is 18.2 Å². The fourth-order valence-corrected chi connectivity index (χ4v) is 3.78. The van der Waals surface area contributed by atoms with Crippen LogP contribution in [0.25, 0.3) is 10.9 Å². The van der Waals surface area contributed by atoms with Crippen molar-refractivity contribution in [2.24, 2.45) is 0 Å². The Morgan fingerprint density at radius 3 is 2.40 bits per heavy atom. The van der Waals surface area contributed by atoms with Gasteiger partial charge in [-0.3, -0.25) is 9.59 Å². The highest BCUT2D eigenvalue weighted by atomic mass is 16.5. The zero-order chi connectivity index (χ0) is 24.8. The van der Waals surface area contributed by atoms with Crippen LogP contribution in [0.4, 0.5) is 5.69 Å². The van der Waals surface area contributed by atoms with Crippen LogP contribution >= 0.6 is 0 Å². The predicted molar refractivity (Wildman–Crippen MR) is 133 cm³/mol. The van der Waals surface area contributed by atoms with Gasteiger partial charge in [0.15, 0.2) is 0 Å². The Labute approximate surface area is 202 Å². The van der Waals surface area contributed by atoms with E-state index < -0.39 is 12.0 Å². The quantitative estimate of drug-likeness (QED) is 0.265. The molecule has 0 spiro atoms. The highest BCUT2D eigenvalue weighted by Crippen LogP contribution is 2.22. The monoisotopic (exact) mass is 471 g/mol. The van der Waals surface area contributed by atoms with Crippen LogP contribution in [0.3, 0.4) is 0 Å². The molecule has 0 saturated heterocycles. The number of ether oxygens (including phenoxy) is 2. The summed E-state index contributed by atoms with van der Waals surface area (Å²) in [5.41, 5.74) is 2.77. The number of nitrogens with one attached hydrogen (secondary N) is 3. The molecule has 3 aromatic carbocycles. The van der Waals surface area contributed by atoms with Crippen LogP contribution in [0.5, 0.6) is 11.5 Å². The maximum absolute atomic E-state index is 12.9. The number of benzene rings is 3. The molecule has 1 aromatic heterocycles. The zero-order valence-electron chi connectivity index (χ0n) is 19.3. The molecular formula is C27H25N3O5. The predicted octanol–water partition coefficient (Wildman–Crippen LogP) is 4.08. The normalized spacial score (nSPS) is 11.5. The Bertz CT molecular complexity index is 1360. The molecule has 0 unspecified atom stereocenters. The minimum Gasteiger partial charge on any atom is -0.496 e. The number of aromatic amines is 1. The maximum Gasteiger partial charge on any atom is 0.334 e. The first-order valence-corrected chi connectivity index (χ1v) is 11.0. The lowest BCUT2D eigenvalue weighted by molar-refractivity contribution is -0.139. The summed E-state index contributed by atoms with van der Waals surface area (Å²) in [6.07, 6.45) is 2.10. The Balaban J connectivity index is 1.43. The molecule has 35 heavy (non-hydrogen) atoms. The molecule has 8 nitrogen and oxygen atoms in total. The standard InChI is InChI=1S/C27H25N3O5/c1-17(31)29-24(15-18-16-28-23-9-5-3-7-21(18)23)27(33)35-20-13-11-19(12-14-20)30-26(32)22-8-4-6-10-25(22)34-2/h3-14,16,24,28H,15H2,1-2H3,(H,29,31)(H,30,32)/t24-/m0/s1. The van der Waals surface area contributed by atoms with E-state index in [1.807, 2.05) is 30.5 Å². The Morgan fingerprint density at radius 1 is 0.943 bits per heavy atom. The van der Waals surface area contributed by atoms with E-state index in [2.05, 4.69) is 15.6 Å². The van der Waals surface area contributed by atoms with E-state index in [0.717, 1.165) is 16.5 Å². The zero-order valence-corrected chi connectivity index (χ0v) is 19.3. The van der Waals surface area contributed by atoms with Crippen molar-refractivity contribution in [2.75, 3.05) is 12.4 Å². The lowest BCUT2D eigenvalue weighted by Crippen LogP contribution is -2.43. The van der Waals surface area contributed by atoms with Gasteiger partial charge in [-0.25, -0.2) is 4.79 Å². The van der Waals surface area contributed by atoms with Crippen molar-refractivity contribution < 1.29 is 23.9 Å².